The Bertz CT molecular complexity index is 656. The Morgan fingerprint density at radius 1 is 1.25 bits per heavy atom. The first-order chi connectivity index (χ1) is 11.7. The average Bonchev–Trinajstić information content (AvgIpc) is 3.07. The van der Waals surface area contributed by atoms with Gasteiger partial charge in [0, 0.05) is 43.5 Å². The Morgan fingerprint density at radius 2 is 2.08 bits per heavy atom. The molecule has 0 spiro atoms. The molecule has 1 atom stereocenters. The molecule has 0 radical (unpaired) electrons. The second-order valence-corrected chi connectivity index (χ2v) is 7.41. The van der Waals surface area contributed by atoms with Crippen LogP contribution in [0.4, 0.5) is 4.79 Å². The summed E-state index contributed by atoms with van der Waals surface area (Å²) in [6, 6.07) is 12.8. The van der Waals surface area contributed by atoms with Crippen LogP contribution in [-0.2, 0) is 19.4 Å². The molecule has 0 aliphatic carbocycles. The fourth-order valence-corrected chi connectivity index (χ4v) is 3.96. The number of nitrogens with zero attached hydrogens (tertiary/aromatic N) is 1. The third kappa shape index (κ3) is 4.82. The molecule has 5 heteroatoms. The highest BCUT2D eigenvalue weighted by molar-refractivity contribution is 7.09. The maximum atomic E-state index is 12.0. The van der Waals surface area contributed by atoms with Gasteiger partial charge >= 0.3 is 6.03 Å². The van der Waals surface area contributed by atoms with Gasteiger partial charge in [-0.05, 0) is 35.9 Å². The van der Waals surface area contributed by atoms with Crippen LogP contribution in [-0.4, -0.2) is 36.6 Å². The molecule has 0 saturated heterocycles. The maximum Gasteiger partial charge on any atom is 0.315 e. The summed E-state index contributed by atoms with van der Waals surface area (Å²) in [6.07, 6.45) is 1.98. The molecular formula is C19H25N3OS. The van der Waals surface area contributed by atoms with Crippen LogP contribution in [0.1, 0.15) is 22.9 Å². The summed E-state index contributed by atoms with van der Waals surface area (Å²) >= 11 is 1.73. The zero-order chi connectivity index (χ0) is 16.8. The van der Waals surface area contributed by atoms with Crippen molar-refractivity contribution in [1.82, 2.24) is 15.5 Å². The van der Waals surface area contributed by atoms with E-state index in [1.165, 1.54) is 16.0 Å². The molecule has 0 saturated carbocycles. The quantitative estimate of drug-likeness (QED) is 0.847. The molecule has 2 amide bonds. The summed E-state index contributed by atoms with van der Waals surface area (Å²) in [5.74, 6) is 0. The number of fused-ring (bicyclic) bond motifs is 1. The molecular weight excluding hydrogens is 318 g/mol. The smallest absolute Gasteiger partial charge is 0.315 e. The number of urea groups is 1. The molecule has 1 aliphatic rings. The van der Waals surface area contributed by atoms with E-state index in [1.54, 1.807) is 11.3 Å². The summed E-state index contributed by atoms with van der Waals surface area (Å²) in [5, 5.41) is 8.05. The van der Waals surface area contributed by atoms with Crippen LogP contribution in [0.3, 0.4) is 0 Å². The van der Waals surface area contributed by atoms with Crippen LogP contribution in [0.2, 0.25) is 0 Å². The van der Waals surface area contributed by atoms with Gasteiger partial charge in [-0.15, -0.1) is 11.3 Å². The number of nitrogens with one attached hydrogen (secondary N) is 2. The largest absolute Gasteiger partial charge is 0.337 e. The van der Waals surface area contributed by atoms with Gasteiger partial charge < -0.3 is 10.6 Å². The van der Waals surface area contributed by atoms with Gasteiger partial charge in [0.15, 0.2) is 0 Å². The van der Waals surface area contributed by atoms with Gasteiger partial charge in [0.1, 0.15) is 0 Å². The highest BCUT2D eigenvalue weighted by Gasteiger charge is 2.15. The SMILES string of the molecule is CC(Cc1cccs1)NC(=O)NCCN1CCc2ccccc2C1. The fourth-order valence-electron chi connectivity index (χ4n) is 3.13. The fraction of sp³-hybridized carbons (Fsp3) is 0.421. The second-order valence-electron chi connectivity index (χ2n) is 6.38. The average molecular weight is 343 g/mol. The number of benzene rings is 1. The lowest BCUT2D eigenvalue weighted by Crippen LogP contribution is -2.44. The van der Waals surface area contributed by atoms with Crippen LogP contribution < -0.4 is 10.6 Å². The van der Waals surface area contributed by atoms with Crippen molar-refractivity contribution < 1.29 is 4.79 Å². The van der Waals surface area contributed by atoms with Crippen molar-refractivity contribution in [3.05, 3.63) is 57.8 Å². The van der Waals surface area contributed by atoms with Crippen molar-refractivity contribution in [2.24, 2.45) is 0 Å². The van der Waals surface area contributed by atoms with Gasteiger partial charge in [-0.3, -0.25) is 4.90 Å². The standard InChI is InChI=1S/C19H25N3OS/c1-15(13-18-7-4-12-24-18)21-19(23)20-9-11-22-10-8-16-5-2-3-6-17(16)14-22/h2-7,12,15H,8-11,13-14H2,1H3,(H2,20,21,23). The zero-order valence-electron chi connectivity index (χ0n) is 14.1. The van der Waals surface area contributed by atoms with Crippen molar-refractivity contribution in [1.29, 1.82) is 0 Å². The molecule has 3 rings (SSSR count). The minimum absolute atomic E-state index is 0.0727. The third-order valence-corrected chi connectivity index (χ3v) is 5.29. The Morgan fingerprint density at radius 3 is 2.88 bits per heavy atom. The molecule has 2 N–H and O–H groups in total. The van der Waals surface area contributed by atoms with Crippen LogP contribution in [0.25, 0.3) is 0 Å². The molecule has 1 unspecified atom stereocenters. The van der Waals surface area contributed by atoms with E-state index >= 15 is 0 Å². The van der Waals surface area contributed by atoms with Crippen LogP contribution >= 0.6 is 11.3 Å². The highest BCUT2D eigenvalue weighted by Crippen LogP contribution is 2.17. The van der Waals surface area contributed by atoms with Crippen LogP contribution in [0.15, 0.2) is 41.8 Å². The molecule has 0 bridgehead atoms. The van der Waals surface area contributed by atoms with Gasteiger partial charge in [0.2, 0.25) is 0 Å². The molecule has 1 aromatic heterocycles. The molecule has 1 aromatic carbocycles. The summed E-state index contributed by atoms with van der Waals surface area (Å²) in [7, 11) is 0. The predicted molar refractivity (Wildman–Crippen MR) is 99.4 cm³/mol. The Kier molecular flexibility index (Phi) is 5.88. The van der Waals surface area contributed by atoms with Gasteiger partial charge in [-0.25, -0.2) is 4.79 Å². The highest BCUT2D eigenvalue weighted by atomic mass is 32.1. The first kappa shape index (κ1) is 17.0. The van der Waals surface area contributed by atoms with Gasteiger partial charge in [0.25, 0.3) is 0 Å². The lowest BCUT2D eigenvalue weighted by Gasteiger charge is -2.28. The van der Waals surface area contributed by atoms with E-state index in [-0.39, 0.29) is 12.1 Å². The van der Waals surface area contributed by atoms with E-state index in [2.05, 4.69) is 51.2 Å². The van der Waals surface area contributed by atoms with Crippen molar-refractivity contribution in [2.75, 3.05) is 19.6 Å². The van der Waals surface area contributed by atoms with E-state index in [1.807, 2.05) is 13.0 Å². The Hall–Kier alpha value is -1.85. The van der Waals surface area contributed by atoms with Crippen molar-refractivity contribution in [3.8, 4) is 0 Å². The summed E-state index contributed by atoms with van der Waals surface area (Å²) in [6.45, 7) is 5.66. The zero-order valence-corrected chi connectivity index (χ0v) is 14.9. The number of hydrogen-bond donors (Lipinski definition) is 2. The molecule has 24 heavy (non-hydrogen) atoms. The number of thiophene rings is 1. The van der Waals surface area contributed by atoms with Crippen molar-refractivity contribution in [3.63, 3.8) is 0 Å². The molecule has 1 aliphatic heterocycles. The maximum absolute atomic E-state index is 12.0. The normalized spacial score (nSPS) is 15.5. The number of hydrogen-bond acceptors (Lipinski definition) is 3. The first-order valence-electron chi connectivity index (χ1n) is 8.56. The van der Waals surface area contributed by atoms with Gasteiger partial charge in [0.05, 0.1) is 0 Å². The first-order valence-corrected chi connectivity index (χ1v) is 9.44. The number of carbonyl (C=O) groups is 1. The second kappa shape index (κ2) is 8.31. The van der Waals surface area contributed by atoms with E-state index in [0.29, 0.717) is 6.54 Å². The van der Waals surface area contributed by atoms with Crippen LogP contribution in [0, 0.1) is 0 Å². The molecule has 128 valence electrons. The van der Waals surface area contributed by atoms with Crippen LogP contribution in [0.5, 0.6) is 0 Å². The van der Waals surface area contributed by atoms with Gasteiger partial charge in [-0.2, -0.15) is 0 Å². The third-order valence-electron chi connectivity index (χ3n) is 4.39. The number of amides is 2. The lowest BCUT2D eigenvalue weighted by atomic mass is 10.00. The van der Waals surface area contributed by atoms with E-state index < -0.39 is 0 Å². The minimum atomic E-state index is -0.0727. The molecule has 4 nitrogen and oxygen atoms in total. The minimum Gasteiger partial charge on any atom is -0.337 e. The van der Waals surface area contributed by atoms with Crippen molar-refractivity contribution in [2.45, 2.75) is 32.4 Å². The molecule has 2 aromatic rings. The van der Waals surface area contributed by atoms with E-state index in [9.17, 15) is 4.79 Å². The Balaban J connectivity index is 1.35. The number of carbonyl (C=O) groups excluding carboxylic acids is 1. The van der Waals surface area contributed by atoms with E-state index in [4.69, 9.17) is 0 Å². The monoisotopic (exact) mass is 343 g/mol. The predicted octanol–water partition coefficient (Wildman–Crippen LogP) is 3.04. The lowest BCUT2D eigenvalue weighted by molar-refractivity contribution is 0.228. The topological polar surface area (TPSA) is 44.4 Å². The summed E-state index contributed by atoms with van der Waals surface area (Å²) in [5.41, 5.74) is 2.87. The number of rotatable bonds is 6. The molecule has 2 heterocycles. The van der Waals surface area contributed by atoms with Crippen molar-refractivity contribution >= 4 is 17.4 Å². The summed E-state index contributed by atoms with van der Waals surface area (Å²) in [4.78, 5) is 15.7. The molecule has 0 fully saturated rings. The van der Waals surface area contributed by atoms with Gasteiger partial charge in [-0.1, -0.05) is 30.3 Å². The summed E-state index contributed by atoms with van der Waals surface area (Å²) < 4.78 is 0. The Labute approximate surface area is 147 Å². The van der Waals surface area contributed by atoms with E-state index in [0.717, 1.165) is 32.5 Å².